The topological polar surface area (TPSA) is 21.3 Å². The van der Waals surface area contributed by atoms with Gasteiger partial charge in [0.2, 0.25) is 0 Å². The van der Waals surface area contributed by atoms with Gasteiger partial charge in [0, 0.05) is 19.7 Å². The average Bonchev–Trinajstić information content (AvgIpc) is 2.05. The summed E-state index contributed by atoms with van der Waals surface area (Å²) in [4.78, 5) is 0. The minimum atomic E-state index is 0.754. The Morgan fingerprint density at radius 3 is 2.92 bits per heavy atom. The summed E-state index contributed by atoms with van der Waals surface area (Å²) < 4.78 is 5.00. The predicted octanol–water partition coefficient (Wildman–Crippen LogP) is 1.80. The molecule has 1 fully saturated rings. The predicted molar refractivity (Wildman–Crippen MR) is 51.3 cm³/mol. The fourth-order valence-electron chi connectivity index (χ4n) is 1.98. The Morgan fingerprint density at radius 2 is 2.25 bits per heavy atom. The number of methoxy groups -OCH3 is 1. The molecule has 0 aliphatic heterocycles. The first-order valence-corrected chi connectivity index (χ1v) is 5.05. The summed E-state index contributed by atoms with van der Waals surface area (Å²) in [6.45, 7) is 4.20. The van der Waals surface area contributed by atoms with Crippen LogP contribution in [0.15, 0.2) is 0 Å². The molecule has 0 radical (unpaired) electrons. The van der Waals surface area contributed by atoms with Crippen LogP contribution in [0.2, 0.25) is 0 Å². The van der Waals surface area contributed by atoms with E-state index in [0.29, 0.717) is 0 Å². The molecule has 1 rings (SSSR count). The van der Waals surface area contributed by atoms with Gasteiger partial charge in [0.15, 0.2) is 0 Å². The smallest absolute Gasteiger partial charge is 0.0587 e. The Hall–Kier alpha value is -0.0800. The maximum absolute atomic E-state index is 5.00. The second kappa shape index (κ2) is 5.55. The fourth-order valence-corrected chi connectivity index (χ4v) is 1.98. The molecule has 0 spiro atoms. The normalized spacial score (nSPS) is 30.5. The Bertz CT molecular complexity index is 116. The summed E-state index contributed by atoms with van der Waals surface area (Å²) >= 11 is 0. The van der Waals surface area contributed by atoms with Crippen LogP contribution >= 0.6 is 0 Å². The lowest BCUT2D eigenvalue weighted by atomic mass is 9.87. The quantitative estimate of drug-likeness (QED) is 0.651. The van der Waals surface area contributed by atoms with Crippen molar-refractivity contribution in [2.45, 2.75) is 38.6 Å². The second-order valence-electron chi connectivity index (χ2n) is 3.92. The first-order valence-electron chi connectivity index (χ1n) is 5.05. The van der Waals surface area contributed by atoms with Crippen LogP contribution in [0.3, 0.4) is 0 Å². The molecule has 1 N–H and O–H groups in total. The molecule has 0 heterocycles. The zero-order valence-corrected chi connectivity index (χ0v) is 8.31. The third kappa shape index (κ3) is 3.55. The first-order chi connectivity index (χ1) is 5.83. The van der Waals surface area contributed by atoms with Crippen molar-refractivity contribution in [3.05, 3.63) is 0 Å². The number of ether oxygens (including phenoxy) is 1. The SMILES string of the molecule is COCCN[C@@H]1CCC[C@H](C)C1. The molecule has 0 unspecified atom stereocenters. The molecule has 12 heavy (non-hydrogen) atoms. The largest absolute Gasteiger partial charge is 0.383 e. The number of hydrogen-bond donors (Lipinski definition) is 1. The van der Waals surface area contributed by atoms with E-state index < -0.39 is 0 Å². The molecule has 2 atom stereocenters. The van der Waals surface area contributed by atoms with Gasteiger partial charge in [-0.3, -0.25) is 0 Å². The van der Waals surface area contributed by atoms with Gasteiger partial charge in [-0.05, 0) is 18.8 Å². The van der Waals surface area contributed by atoms with Crippen LogP contribution in [0, 0.1) is 5.92 Å². The van der Waals surface area contributed by atoms with Crippen LogP contribution in [0.1, 0.15) is 32.6 Å². The average molecular weight is 171 g/mol. The molecule has 0 aromatic carbocycles. The minimum Gasteiger partial charge on any atom is -0.383 e. The number of hydrogen-bond acceptors (Lipinski definition) is 2. The van der Waals surface area contributed by atoms with Crippen LogP contribution in [0.4, 0.5) is 0 Å². The summed E-state index contributed by atoms with van der Waals surface area (Å²) in [6.07, 6.45) is 5.52. The van der Waals surface area contributed by atoms with Gasteiger partial charge in [0.1, 0.15) is 0 Å². The van der Waals surface area contributed by atoms with Crippen LogP contribution < -0.4 is 5.32 Å². The van der Waals surface area contributed by atoms with Gasteiger partial charge >= 0.3 is 0 Å². The van der Waals surface area contributed by atoms with Gasteiger partial charge in [0.25, 0.3) is 0 Å². The van der Waals surface area contributed by atoms with Gasteiger partial charge in [-0.2, -0.15) is 0 Å². The third-order valence-electron chi connectivity index (χ3n) is 2.68. The second-order valence-corrected chi connectivity index (χ2v) is 3.92. The maximum Gasteiger partial charge on any atom is 0.0587 e. The summed E-state index contributed by atoms with van der Waals surface area (Å²) in [7, 11) is 1.76. The zero-order valence-electron chi connectivity index (χ0n) is 8.31. The van der Waals surface area contributed by atoms with E-state index in [1.807, 2.05) is 0 Å². The molecule has 1 aliphatic carbocycles. The van der Waals surface area contributed by atoms with E-state index in [4.69, 9.17) is 4.74 Å². The van der Waals surface area contributed by atoms with Crippen molar-refractivity contribution in [3.8, 4) is 0 Å². The van der Waals surface area contributed by atoms with Crippen molar-refractivity contribution in [1.82, 2.24) is 5.32 Å². The summed E-state index contributed by atoms with van der Waals surface area (Å²) in [5, 5.41) is 3.53. The van der Waals surface area contributed by atoms with E-state index in [1.54, 1.807) is 7.11 Å². The van der Waals surface area contributed by atoms with Crippen molar-refractivity contribution in [2.75, 3.05) is 20.3 Å². The molecular formula is C10H21NO. The molecule has 0 saturated heterocycles. The Labute approximate surface area is 75.7 Å². The molecule has 0 aromatic heterocycles. The Balaban J connectivity index is 2.06. The highest BCUT2D eigenvalue weighted by Gasteiger charge is 2.17. The highest BCUT2D eigenvalue weighted by Crippen LogP contribution is 2.23. The van der Waals surface area contributed by atoms with Crippen molar-refractivity contribution >= 4 is 0 Å². The summed E-state index contributed by atoms with van der Waals surface area (Å²) in [5.41, 5.74) is 0. The fraction of sp³-hybridized carbons (Fsp3) is 1.00. The van der Waals surface area contributed by atoms with Crippen LogP contribution in [0.5, 0.6) is 0 Å². The lowest BCUT2D eigenvalue weighted by Gasteiger charge is -2.27. The van der Waals surface area contributed by atoms with Crippen LogP contribution in [-0.2, 0) is 4.74 Å². The van der Waals surface area contributed by atoms with Gasteiger partial charge in [-0.15, -0.1) is 0 Å². The zero-order chi connectivity index (χ0) is 8.81. The van der Waals surface area contributed by atoms with Gasteiger partial charge < -0.3 is 10.1 Å². The Morgan fingerprint density at radius 1 is 1.42 bits per heavy atom. The maximum atomic E-state index is 5.00. The van der Waals surface area contributed by atoms with Crippen LogP contribution in [-0.4, -0.2) is 26.3 Å². The molecule has 0 aromatic rings. The highest BCUT2D eigenvalue weighted by molar-refractivity contribution is 4.75. The highest BCUT2D eigenvalue weighted by atomic mass is 16.5. The van der Waals surface area contributed by atoms with Crippen molar-refractivity contribution < 1.29 is 4.74 Å². The molecule has 1 saturated carbocycles. The van der Waals surface area contributed by atoms with E-state index in [2.05, 4.69) is 12.2 Å². The van der Waals surface area contributed by atoms with E-state index >= 15 is 0 Å². The van der Waals surface area contributed by atoms with Gasteiger partial charge in [-0.1, -0.05) is 19.8 Å². The first kappa shape index (κ1) is 10.0. The van der Waals surface area contributed by atoms with Crippen LogP contribution in [0.25, 0.3) is 0 Å². The van der Waals surface area contributed by atoms with E-state index in [-0.39, 0.29) is 0 Å². The molecular weight excluding hydrogens is 150 g/mol. The molecule has 2 nitrogen and oxygen atoms in total. The monoisotopic (exact) mass is 171 g/mol. The number of nitrogens with one attached hydrogen (secondary N) is 1. The standard InChI is InChI=1S/C10H21NO/c1-9-4-3-5-10(8-9)11-6-7-12-2/h9-11H,3-8H2,1-2H3/t9-,10+/m0/s1. The van der Waals surface area contributed by atoms with E-state index in [0.717, 1.165) is 25.1 Å². The van der Waals surface area contributed by atoms with Gasteiger partial charge in [-0.25, -0.2) is 0 Å². The van der Waals surface area contributed by atoms with E-state index in [9.17, 15) is 0 Å². The van der Waals surface area contributed by atoms with Crippen molar-refractivity contribution in [1.29, 1.82) is 0 Å². The molecule has 0 bridgehead atoms. The Kier molecular flexibility index (Phi) is 4.62. The van der Waals surface area contributed by atoms with Crippen molar-refractivity contribution in [2.24, 2.45) is 5.92 Å². The minimum absolute atomic E-state index is 0.754. The molecule has 1 aliphatic rings. The summed E-state index contributed by atoms with van der Waals surface area (Å²) in [5.74, 6) is 0.916. The third-order valence-corrected chi connectivity index (χ3v) is 2.68. The summed E-state index contributed by atoms with van der Waals surface area (Å²) in [6, 6.07) is 0.754. The molecule has 72 valence electrons. The van der Waals surface area contributed by atoms with E-state index in [1.165, 1.54) is 25.7 Å². The number of rotatable bonds is 4. The lowest BCUT2D eigenvalue weighted by Crippen LogP contribution is -2.35. The molecule has 0 amide bonds. The molecule has 2 heteroatoms. The lowest BCUT2D eigenvalue weighted by molar-refractivity contribution is 0.188. The van der Waals surface area contributed by atoms with Gasteiger partial charge in [0.05, 0.1) is 6.61 Å². The van der Waals surface area contributed by atoms with Crippen molar-refractivity contribution in [3.63, 3.8) is 0 Å².